The molecule has 3 heteroatoms. The molecule has 3 nitrogen and oxygen atoms in total. The smallest absolute Gasteiger partial charge is 0.307 e. The Morgan fingerprint density at radius 2 is 2.33 bits per heavy atom. The monoisotopic (exact) mass is 128 g/mol. The Balaban J connectivity index is 2.37. The minimum Gasteiger partial charge on any atom is -0.445 e. The van der Waals surface area contributed by atoms with Crippen molar-refractivity contribution >= 4 is 5.97 Å². The van der Waals surface area contributed by atoms with Crippen LogP contribution in [0.25, 0.3) is 0 Å². The Bertz CT molecular complexity index is 114. The maximum atomic E-state index is 10.6. The highest BCUT2D eigenvalue weighted by Gasteiger charge is 2.13. The van der Waals surface area contributed by atoms with Crippen LogP contribution < -0.4 is 5.73 Å². The number of hydrogen-bond donors (Lipinski definition) is 0. The van der Waals surface area contributed by atoms with Crippen molar-refractivity contribution in [2.24, 2.45) is 0 Å². The molecule has 1 aliphatic heterocycles. The van der Waals surface area contributed by atoms with Gasteiger partial charge in [0.1, 0.15) is 0 Å². The van der Waals surface area contributed by atoms with Crippen molar-refractivity contribution in [1.29, 1.82) is 0 Å². The fourth-order valence-electron chi connectivity index (χ4n) is 0.876. The van der Waals surface area contributed by atoms with E-state index in [1.54, 1.807) is 0 Å². The minimum atomic E-state index is -0.597. The molecule has 1 heterocycles. The summed E-state index contributed by atoms with van der Waals surface area (Å²) in [5.41, 5.74) is 7.10. The molecule has 0 aromatic rings. The lowest BCUT2D eigenvalue weighted by atomic mass is 10.2. The number of rotatable bonds is 0. The second-order valence-electron chi connectivity index (χ2n) is 2.22. The highest BCUT2D eigenvalue weighted by molar-refractivity contribution is 5.69. The van der Waals surface area contributed by atoms with E-state index in [-0.39, 0.29) is 5.97 Å². The van der Waals surface area contributed by atoms with Crippen LogP contribution in [0.5, 0.6) is 0 Å². The number of nitrogens with one attached hydrogen (secondary N) is 1. The quantitative estimate of drug-likeness (QED) is 0.451. The van der Waals surface area contributed by atoms with E-state index in [1.165, 1.54) is 0 Å². The Kier molecular flexibility index (Phi) is 2.05. The summed E-state index contributed by atoms with van der Waals surface area (Å²) in [5.74, 6) is -0.215. The molecule has 51 valence electrons. The zero-order chi connectivity index (χ0) is 6.69. The van der Waals surface area contributed by atoms with Crippen LogP contribution in [-0.2, 0) is 9.53 Å². The molecular formula is C6H10NO2. The van der Waals surface area contributed by atoms with Gasteiger partial charge in [-0.15, -0.1) is 0 Å². The van der Waals surface area contributed by atoms with Gasteiger partial charge in [0, 0.05) is 6.42 Å². The predicted molar refractivity (Wildman–Crippen MR) is 31.4 cm³/mol. The molecule has 0 spiro atoms. The zero-order valence-corrected chi connectivity index (χ0v) is 5.22. The highest BCUT2D eigenvalue weighted by Crippen LogP contribution is 2.10. The second kappa shape index (κ2) is 2.82. The van der Waals surface area contributed by atoms with E-state index in [2.05, 4.69) is 4.74 Å². The predicted octanol–water partition coefficient (Wildman–Crippen LogP) is 0.713. The van der Waals surface area contributed by atoms with E-state index >= 15 is 0 Å². The first-order chi connectivity index (χ1) is 4.29. The molecule has 0 bridgehead atoms. The lowest BCUT2D eigenvalue weighted by Gasteiger charge is -2.05. The third-order valence-electron chi connectivity index (χ3n) is 1.37. The highest BCUT2D eigenvalue weighted by atomic mass is 16.6. The first-order valence-corrected chi connectivity index (χ1v) is 3.19. The molecule has 0 aromatic heterocycles. The van der Waals surface area contributed by atoms with Crippen molar-refractivity contribution in [2.45, 2.75) is 31.9 Å². The van der Waals surface area contributed by atoms with Gasteiger partial charge in [-0.2, -0.15) is 0 Å². The first-order valence-electron chi connectivity index (χ1n) is 3.19. The SMILES string of the molecule is [NH]C1CCCCC(=O)O1. The number of ether oxygens (including phenoxy) is 1. The topological polar surface area (TPSA) is 50.1 Å². The molecule has 1 atom stereocenters. The van der Waals surface area contributed by atoms with E-state index in [0.717, 1.165) is 12.8 Å². The largest absolute Gasteiger partial charge is 0.445 e. The van der Waals surface area contributed by atoms with Crippen molar-refractivity contribution in [1.82, 2.24) is 5.73 Å². The summed E-state index contributed by atoms with van der Waals surface area (Å²) in [6.45, 7) is 0. The van der Waals surface area contributed by atoms with E-state index in [4.69, 9.17) is 5.73 Å². The summed E-state index contributed by atoms with van der Waals surface area (Å²) in [5, 5.41) is 0. The van der Waals surface area contributed by atoms with Crippen LogP contribution >= 0.6 is 0 Å². The van der Waals surface area contributed by atoms with Crippen LogP contribution in [0.15, 0.2) is 0 Å². The van der Waals surface area contributed by atoms with Gasteiger partial charge in [-0.1, -0.05) is 0 Å². The van der Waals surface area contributed by atoms with Gasteiger partial charge in [0.25, 0.3) is 0 Å². The standard InChI is InChI=1S/C6H10NO2/c7-5-3-1-2-4-6(8)9-5/h5,7H,1-4H2. The average molecular weight is 128 g/mol. The summed E-state index contributed by atoms with van der Waals surface area (Å²) in [7, 11) is 0. The Morgan fingerprint density at radius 3 is 3.11 bits per heavy atom. The van der Waals surface area contributed by atoms with E-state index < -0.39 is 6.23 Å². The van der Waals surface area contributed by atoms with Gasteiger partial charge < -0.3 is 4.74 Å². The fraction of sp³-hybridized carbons (Fsp3) is 0.833. The number of carbonyl (C=O) groups is 1. The van der Waals surface area contributed by atoms with Gasteiger partial charge >= 0.3 is 5.97 Å². The van der Waals surface area contributed by atoms with Crippen LogP contribution in [0.4, 0.5) is 0 Å². The van der Waals surface area contributed by atoms with Crippen LogP contribution in [0.3, 0.4) is 0 Å². The van der Waals surface area contributed by atoms with Gasteiger partial charge in [0.2, 0.25) is 0 Å². The van der Waals surface area contributed by atoms with Gasteiger partial charge in [0.05, 0.1) is 0 Å². The second-order valence-corrected chi connectivity index (χ2v) is 2.22. The third-order valence-corrected chi connectivity index (χ3v) is 1.37. The third kappa shape index (κ3) is 2.01. The molecule has 1 N–H and O–H groups in total. The Hall–Kier alpha value is -0.570. The zero-order valence-electron chi connectivity index (χ0n) is 5.22. The lowest BCUT2D eigenvalue weighted by Crippen LogP contribution is -2.15. The molecular weight excluding hydrogens is 118 g/mol. The Labute approximate surface area is 54.2 Å². The van der Waals surface area contributed by atoms with Crippen LogP contribution in [0, 0.1) is 0 Å². The van der Waals surface area contributed by atoms with Crippen molar-refractivity contribution in [3.8, 4) is 0 Å². The lowest BCUT2D eigenvalue weighted by molar-refractivity contribution is -0.147. The van der Waals surface area contributed by atoms with E-state index in [9.17, 15) is 4.79 Å². The van der Waals surface area contributed by atoms with Crippen molar-refractivity contribution < 1.29 is 9.53 Å². The molecule has 0 aromatic carbocycles. The molecule has 1 aliphatic rings. The maximum absolute atomic E-state index is 10.6. The van der Waals surface area contributed by atoms with Crippen molar-refractivity contribution in [2.75, 3.05) is 0 Å². The molecule has 0 aliphatic carbocycles. The van der Waals surface area contributed by atoms with E-state index in [0.29, 0.717) is 12.8 Å². The fourth-order valence-corrected chi connectivity index (χ4v) is 0.876. The molecule has 0 saturated carbocycles. The van der Waals surface area contributed by atoms with Crippen molar-refractivity contribution in [3.63, 3.8) is 0 Å². The van der Waals surface area contributed by atoms with Gasteiger partial charge in [0.15, 0.2) is 6.23 Å². The summed E-state index contributed by atoms with van der Waals surface area (Å²) < 4.78 is 4.64. The summed E-state index contributed by atoms with van der Waals surface area (Å²) in [6.07, 6.45) is 2.43. The number of cyclic esters (lactones) is 1. The van der Waals surface area contributed by atoms with Crippen molar-refractivity contribution in [3.05, 3.63) is 0 Å². The average Bonchev–Trinajstić information content (AvgIpc) is 1.93. The number of carbonyl (C=O) groups excluding carboxylic acids is 1. The molecule has 1 unspecified atom stereocenters. The number of esters is 1. The van der Waals surface area contributed by atoms with Crippen LogP contribution in [-0.4, -0.2) is 12.2 Å². The molecule has 9 heavy (non-hydrogen) atoms. The van der Waals surface area contributed by atoms with Crippen LogP contribution in [0.2, 0.25) is 0 Å². The summed E-state index contributed by atoms with van der Waals surface area (Å²) in [6, 6.07) is 0. The van der Waals surface area contributed by atoms with Gasteiger partial charge in [-0.3, -0.25) is 4.79 Å². The van der Waals surface area contributed by atoms with Gasteiger partial charge in [-0.25, -0.2) is 5.73 Å². The molecule has 1 radical (unpaired) electrons. The minimum absolute atomic E-state index is 0.215. The number of hydrogen-bond acceptors (Lipinski definition) is 2. The molecule has 1 rings (SSSR count). The first kappa shape index (κ1) is 6.55. The molecule has 1 fully saturated rings. The van der Waals surface area contributed by atoms with E-state index in [1.807, 2.05) is 0 Å². The molecule has 0 amide bonds. The van der Waals surface area contributed by atoms with Gasteiger partial charge in [-0.05, 0) is 19.3 Å². The Morgan fingerprint density at radius 1 is 1.56 bits per heavy atom. The maximum Gasteiger partial charge on any atom is 0.307 e. The molecule has 1 saturated heterocycles. The van der Waals surface area contributed by atoms with Crippen LogP contribution in [0.1, 0.15) is 25.7 Å². The summed E-state index contributed by atoms with van der Waals surface area (Å²) >= 11 is 0. The summed E-state index contributed by atoms with van der Waals surface area (Å²) in [4.78, 5) is 10.6. The normalized spacial score (nSPS) is 29.0.